The first kappa shape index (κ1) is 18.7. The Morgan fingerprint density at radius 1 is 1.04 bits per heavy atom. The van der Waals surface area contributed by atoms with Gasteiger partial charge in [-0.1, -0.05) is 30.9 Å². The van der Waals surface area contributed by atoms with Crippen molar-refractivity contribution in [3.05, 3.63) is 71.3 Å². The van der Waals surface area contributed by atoms with Crippen molar-refractivity contribution >= 4 is 12.0 Å². The Labute approximate surface area is 166 Å². The van der Waals surface area contributed by atoms with Crippen LogP contribution in [0.5, 0.6) is 5.75 Å². The highest BCUT2D eigenvalue weighted by Crippen LogP contribution is 2.26. The van der Waals surface area contributed by atoms with Crippen LogP contribution < -0.4 is 4.74 Å². The quantitative estimate of drug-likeness (QED) is 0.819. The van der Waals surface area contributed by atoms with Crippen molar-refractivity contribution in [3.63, 3.8) is 0 Å². The first-order valence-corrected chi connectivity index (χ1v) is 9.79. The summed E-state index contributed by atoms with van der Waals surface area (Å²) in [5.74, 6) is 0.911. The molecule has 0 aromatic heterocycles. The van der Waals surface area contributed by atoms with Crippen molar-refractivity contribution < 1.29 is 14.3 Å². The Balaban J connectivity index is 1.50. The SMILES string of the molecule is C=Cc1ccc(C(=O)N2CCOc3ccc(CN4CCOCC4)cc3C2)cc1. The van der Waals surface area contributed by atoms with Crippen LogP contribution in [-0.2, 0) is 17.8 Å². The number of fused-ring (bicyclic) bond motifs is 1. The third kappa shape index (κ3) is 4.26. The molecule has 2 heterocycles. The predicted octanol–water partition coefficient (Wildman–Crippen LogP) is 3.20. The predicted molar refractivity (Wildman–Crippen MR) is 109 cm³/mol. The molecule has 0 unspecified atom stereocenters. The van der Waals surface area contributed by atoms with Crippen LogP contribution in [0.2, 0.25) is 0 Å². The fourth-order valence-electron chi connectivity index (χ4n) is 3.68. The van der Waals surface area contributed by atoms with Crippen LogP contribution in [0.4, 0.5) is 0 Å². The lowest BCUT2D eigenvalue weighted by Crippen LogP contribution is -2.35. The number of ether oxygens (including phenoxy) is 2. The van der Waals surface area contributed by atoms with E-state index >= 15 is 0 Å². The molecule has 1 amide bonds. The molecule has 0 aliphatic carbocycles. The van der Waals surface area contributed by atoms with E-state index in [0.29, 0.717) is 25.3 Å². The normalized spacial score (nSPS) is 17.4. The molecule has 146 valence electrons. The second kappa shape index (κ2) is 8.59. The Hall–Kier alpha value is -2.63. The van der Waals surface area contributed by atoms with Gasteiger partial charge in [0.15, 0.2) is 0 Å². The van der Waals surface area contributed by atoms with E-state index in [4.69, 9.17) is 9.47 Å². The average Bonchev–Trinajstić information content (AvgIpc) is 2.96. The van der Waals surface area contributed by atoms with E-state index in [2.05, 4.69) is 23.6 Å². The third-order valence-electron chi connectivity index (χ3n) is 5.30. The molecule has 0 atom stereocenters. The van der Waals surface area contributed by atoms with E-state index in [0.717, 1.165) is 49.7 Å². The zero-order valence-corrected chi connectivity index (χ0v) is 16.1. The maximum absolute atomic E-state index is 13.0. The van der Waals surface area contributed by atoms with E-state index in [1.54, 1.807) is 6.08 Å². The first-order valence-electron chi connectivity index (χ1n) is 9.79. The molecule has 5 nitrogen and oxygen atoms in total. The molecule has 0 N–H and O–H groups in total. The minimum Gasteiger partial charge on any atom is -0.491 e. The smallest absolute Gasteiger partial charge is 0.254 e. The summed E-state index contributed by atoms with van der Waals surface area (Å²) in [6, 6.07) is 13.9. The molecule has 1 fully saturated rings. The van der Waals surface area contributed by atoms with Gasteiger partial charge < -0.3 is 14.4 Å². The van der Waals surface area contributed by atoms with Crippen LogP contribution >= 0.6 is 0 Å². The molecule has 0 radical (unpaired) electrons. The van der Waals surface area contributed by atoms with Crippen LogP contribution in [0.25, 0.3) is 6.08 Å². The summed E-state index contributed by atoms with van der Waals surface area (Å²) in [5, 5.41) is 0. The van der Waals surface area contributed by atoms with Gasteiger partial charge in [-0.2, -0.15) is 0 Å². The van der Waals surface area contributed by atoms with Crippen LogP contribution in [0.3, 0.4) is 0 Å². The van der Waals surface area contributed by atoms with Crippen LogP contribution in [0.1, 0.15) is 27.0 Å². The fourth-order valence-corrected chi connectivity index (χ4v) is 3.68. The van der Waals surface area contributed by atoms with Gasteiger partial charge in [0.2, 0.25) is 0 Å². The second-order valence-electron chi connectivity index (χ2n) is 7.23. The zero-order chi connectivity index (χ0) is 19.3. The van der Waals surface area contributed by atoms with Crippen molar-refractivity contribution in [1.82, 2.24) is 9.80 Å². The molecular formula is C23H26N2O3. The zero-order valence-electron chi connectivity index (χ0n) is 16.1. The summed E-state index contributed by atoms with van der Waals surface area (Å²) >= 11 is 0. The van der Waals surface area contributed by atoms with Crippen molar-refractivity contribution in [3.8, 4) is 5.75 Å². The van der Waals surface area contributed by atoms with E-state index in [9.17, 15) is 4.79 Å². The molecule has 2 aliphatic rings. The highest BCUT2D eigenvalue weighted by atomic mass is 16.5. The van der Waals surface area contributed by atoms with Crippen molar-refractivity contribution in [2.75, 3.05) is 39.5 Å². The summed E-state index contributed by atoms with van der Waals surface area (Å²) < 4.78 is 11.3. The van der Waals surface area contributed by atoms with E-state index in [-0.39, 0.29) is 5.91 Å². The van der Waals surface area contributed by atoms with Gasteiger partial charge in [-0.15, -0.1) is 0 Å². The van der Waals surface area contributed by atoms with Crippen LogP contribution in [-0.4, -0.2) is 55.2 Å². The maximum Gasteiger partial charge on any atom is 0.254 e. The second-order valence-corrected chi connectivity index (χ2v) is 7.23. The van der Waals surface area contributed by atoms with Gasteiger partial charge in [0.1, 0.15) is 12.4 Å². The average molecular weight is 378 g/mol. The lowest BCUT2D eigenvalue weighted by Gasteiger charge is -2.27. The number of morpholine rings is 1. The number of carbonyl (C=O) groups is 1. The molecule has 2 aromatic rings. The standard InChI is InChI=1S/C23H26N2O3/c1-2-18-3-6-20(7-4-18)23(26)25-11-14-28-22-8-5-19(15-21(22)17-25)16-24-9-12-27-13-10-24/h2-8,15H,1,9-14,16-17H2. The van der Waals surface area contributed by atoms with Gasteiger partial charge in [-0.05, 0) is 35.4 Å². The lowest BCUT2D eigenvalue weighted by atomic mass is 10.1. The highest BCUT2D eigenvalue weighted by molar-refractivity contribution is 5.94. The molecule has 0 bridgehead atoms. The maximum atomic E-state index is 13.0. The monoisotopic (exact) mass is 378 g/mol. The Kier molecular flexibility index (Phi) is 5.74. The third-order valence-corrected chi connectivity index (χ3v) is 5.30. The highest BCUT2D eigenvalue weighted by Gasteiger charge is 2.22. The van der Waals surface area contributed by atoms with Crippen LogP contribution in [0, 0.1) is 0 Å². The number of hydrogen-bond acceptors (Lipinski definition) is 4. The summed E-state index contributed by atoms with van der Waals surface area (Å²) in [5.41, 5.74) is 4.01. The van der Waals surface area contributed by atoms with E-state index in [1.807, 2.05) is 35.2 Å². The summed E-state index contributed by atoms with van der Waals surface area (Å²) in [7, 11) is 0. The molecular weight excluding hydrogens is 352 g/mol. The Morgan fingerprint density at radius 3 is 2.57 bits per heavy atom. The number of carbonyl (C=O) groups excluding carboxylic acids is 1. The summed E-state index contributed by atoms with van der Waals surface area (Å²) in [6.07, 6.45) is 1.78. The molecule has 1 saturated heterocycles. The lowest BCUT2D eigenvalue weighted by molar-refractivity contribution is 0.0341. The van der Waals surface area contributed by atoms with E-state index < -0.39 is 0 Å². The minimum atomic E-state index is 0.0330. The van der Waals surface area contributed by atoms with Gasteiger partial charge in [-0.3, -0.25) is 9.69 Å². The fraction of sp³-hybridized carbons (Fsp3) is 0.348. The van der Waals surface area contributed by atoms with Gasteiger partial charge >= 0.3 is 0 Å². The number of hydrogen-bond donors (Lipinski definition) is 0. The number of benzene rings is 2. The van der Waals surface area contributed by atoms with Crippen molar-refractivity contribution in [2.45, 2.75) is 13.1 Å². The molecule has 28 heavy (non-hydrogen) atoms. The Bertz CT molecular complexity index is 841. The molecule has 4 rings (SSSR count). The van der Waals surface area contributed by atoms with Gasteiger partial charge in [0, 0.05) is 37.3 Å². The topological polar surface area (TPSA) is 42.0 Å². The Morgan fingerprint density at radius 2 is 1.82 bits per heavy atom. The molecule has 0 saturated carbocycles. The van der Waals surface area contributed by atoms with Gasteiger partial charge in [-0.25, -0.2) is 0 Å². The van der Waals surface area contributed by atoms with E-state index in [1.165, 1.54) is 5.56 Å². The summed E-state index contributed by atoms with van der Waals surface area (Å²) in [4.78, 5) is 17.3. The first-order chi connectivity index (χ1) is 13.7. The number of nitrogens with zero attached hydrogens (tertiary/aromatic N) is 2. The van der Waals surface area contributed by atoms with Crippen molar-refractivity contribution in [2.24, 2.45) is 0 Å². The largest absolute Gasteiger partial charge is 0.491 e. The molecule has 2 aromatic carbocycles. The van der Waals surface area contributed by atoms with Gasteiger partial charge in [0.05, 0.1) is 19.8 Å². The van der Waals surface area contributed by atoms with Gasteiger partial charge in [0.25, 0.3) is 5.91 Å². The van der Waals surface area contributed by atoms with Crippen molar-refractivity contribution in [1.29, 1.82) is 0 Å². The number of rotatable bonds is 4. The molecule has 0 spiro atoms. The molecule has 2 aliphatic heterocycles. The minimum absolute atomic E-state index is 0.0330. The number of amides is 1. The van der Waals surface area contributed by atoms with Crippen LogP contribution in [0.15, 0.2) is 49.0 Å². The summed E-state index contributed by atoms with van der Waals surface area (Å²) in [6.45, 7) is 9.81. The molecule has 5 heteroatoms.